The minimum Gasteiger partial charge on any atom is -0.353 e. The lowest BCUT2D eigenvalue weighted by atomic mass is 10.1. The third-order valence-electron chi connectivity index (χ3n) is 3.40. The van der Waals surface area contributed by atoms with E-state index >= 15 is 0 Å². The number of hydrogen-bond donors (Lipinski definition) is 2. The Kier molecular flexibility index (Phi) is 4.55. The third kappa shape index (κ3) is 3.66. The number of halogens is 2. The lowest BCUT2D eigenvalue weighted by molar-refractivity contribution is -0.114. The summed E-state index contributed by atoms with van der Waals surface area (Å²) in [6.45, 7) is 1.50. The van der Waals surface area contributed by atoms with Crippen LogP contribution in [0.4, 0.5) is 5.69 Å². The lowest BCUT2D eigenvalue weighted by Crippen LogP contribution is -2.06. The van der Waals surface area contributed by atoms with Crippen LogP contribution in [0, 0.1) is 0 Å². The minimum atomic E-state index is -0.102. The Labute approximate surface area is 147 Å². The molecule has 0 aliphatic rings. The maximum Gasteiger partial charge on any atom is 0.221 e. The molecule has 1 amide bonds. The molecule has 3 rings (SSSR count). The number of carbonyl (C=O) groups is 1. The second-order valence-corrected chi connectivity index (χ2v) is 6.52. The molecule has 5 heteroatoms. The van der Waals surface area contributed by atoms with Gasteiger partial charge in [0.15, 0.2) is 0 Å². The zero-order chi connectivity index (χ0) is 16.4. The molecule has 0 aliphatic carbocycles. The van der Waals surface area contributed by atoms with Gasteiger partial charge in [-0.3, -0.25) is 4.79 Å². The SMILES string of the molecule is CC(=O)Nc1c(C=Cc2ccc(Cl)cc2)[nH]c2cc(Br)ccc12. The predicted molar refractivity (Wildman–Crippen MR) is 101 cm³/mol. The third-order valence-corrected chi connectivity index (χ3v) is 4.15. The van der Waals surface area contributed by atoms with Gasteiger partial charge in [0.25, 0.3) is 0 Å². The largest absolute Gasteiger partial charge is 0.353 e. The van der Waals surface area contributed by atoms with Crippen molar-refractivity contribution in [2.24, 2.45) is 0 Å². The van der Waals surface area contributed by atoms with E-state index in [1.165, 1.54) is 6.92 Å². The van der Waals surface area contributed by atoms with Crippen molar-refractivity contribution in [3.8, 4) is 0 Å². The molecule has 3 nitrogen and oxygen atoms in total. The summed E-state index contributed by atoms with van der Waals surface area (Å²) in [6.07, 6.45) is 3.92. The van der Waals surface area contributed by atoms with E-state index in [1.807, 2.05) is 54.6 Å². The number of H-pyrrole nitrogens is 1. The number of rotatable bonds is 3. The fraction of sp³-hybridized carbons (Fsp3) is 0.0556. The van der Waals surface area contributed by atoms with Crippen LogP contribution in [0.3, 0.4) is 0 Å². The Morgan fingerprint density at radius 1 is 1.17 bits per heavy atom. The average molecular weight is 390 g/mol. The molecule has 23 heavy (non-hydrogen) atoms. The molecule has 0 atom stereocenters. The van der Waals surface area contributed by atoms with Crippen molar-refractivity contribution in [1.82, 2.24) is 4.98 Å². The van der Waals surface area contributed by atoms with E-state index in [0.29, 0.717) is 5.02 Å². The summed E-state index contributed by atoms with van der Waals surface area (Å²) < 4.78 is 0.980. The van der Waals surface area contributed by atoms with Crippen LogP contribution in [0.25, 0.3) is 23.1 Å². The zero-order valence-corrected chi connectivity index (χ0v) is 14.7. The molecule has 0 fully saturated rings. The van der Waals surface area contributed by atoms with Gasteiger partial charge >= 0.3 is 0 Å². The van der Waals surface area contributed by atoms with Gasteiger partial charge in [0.05, 0.1) is 11.4 Å². The first-order valence-corrected chi connectivity index (χ1v) is 8.22. The number of aromatic nitrogens is 1. The normalized spacial score (nSPS) is 11.3. The summed E-state index contributed by atoms with van der Waals surface area (Å²) in [5, 5.41) is 4.58. The molecule has 1 heterocycles. The average Bonchev–Trinajstić information content (AvgIpc) is 2.83. The van der Waals surface area contributed by atoms with Crippen LogP contribution in [0.1, 0.15) is 18.2 Å². The highest BCUT2D eigenvalue weighted by Gasteiger charge is 2.11. The highest BCUT2D eigenvalue weighted by Crippen LogP contribution is 2.31. The van der Waals surface area contributed by atoms with E-state index in [2.05, 4.69) is 26.2 Å². The zero-order valence-electron chi connectivity index (χ0n) is 12.4. The van der Waals surface area contributed by atoms with Crippen LogP contribution in [0.15, 0.2) is 46.9 Å². The maximum absolute atomic E-state index is 11.5. The Hall–Kier alpha value is -2.04. The summed E-state index contributed by atoms with van der Waals surface area (Å²) in [5.74, 6) is -0.102. The van der Waals surface area contributed by atoms with Gasteiger partial charge in [-0.05, 0) is 42.0 Å². The summed E-state index contributed by atoms with van der Waals surface area (Å²) in [6, 6.07) is 13.5. The molecule has 1 aromatic heterocycles. The fourth-order valence-electron chi connectivity index (χ4n) is 2.38. The standard InChI is InChI=1S/C18H14BrClN2O/c1-11(23)21-18-15-8-5-13(19)10-17(15)22-16(18)9-4-12-2-6-14(20)7-3-12/h2-10,22H,1H3,(H,21,23). The van der Waals surface area contributed by atoms with E-state index in [0.717, 1.165) is 32.3 Å². The molecular weight excluding hydrogens is 376 g/mol. The van der Waals surface area contributed by atoms with Crippen LogP contribution in [0.2, 0.25) is 5.02 Å². The van der Waals surface area contributed by atoms with Gasteiger partial charge in [0, 0.05) is 27.3 Å². The topological polar surface area (TPSA) is 44.9 Å². The van der Waals surface area contributed by atoms with Gasteiger partial charge in [-0.1, -0.05) is 45.7 Å². The first-order chi connectivity index (χ1) is 11.0. The molecule has 0 saturated heterocycles. The summed E-state index contributed by atoms with van der Waals surface area (Å²) >= 11 is 9.36. The van der Waals surface area contributed by atoms with Crippen molar-refractivity contribution >= 4 is 62.2 Å². The van der Waals surface area contributed by atoms with Gasteiger partial charge in [0.1, 0.15) is 0 Å². The van der Waals surface area contributed by atoms with E-state index in [4.69, 9.17) is 11.6 Å². The molecular formula is C18H14BrClN2O. The van der Waals surface area contributed by atoms with Crippen molar-refractivity contribution < 1.29 is 4.79 Å². The maximum atomic E-state index is 11.5. The van der Waals surface area contributed by atoms with Gasteiger partial charge in [-0.2, -0.15) is 0 Å². The van der Waals surface area contributed by atoms with Crippen LogP contribution in [0.5, 0.6) is 0 Å². The number of anilines is 1. The van der Waals surface area contributed by atoms with Crippen LogP contribution in [-0.2, 0) is 4.79 Å². The monoisotopic (exact) mass is 388 g/mol. The second-order valence-electron chi connectivity index (χ2n) is 5.17. The van der Waals surface area contributed by atoms with E-state index < -0.39 is 0 Å². The highest BCUT2D eigenvalue weighted by atomic mass is 79.9. The molecule has 3 aromatic rings. The van der Waals surface area contributed by atoms with Crippen molar-refractivity contribution in [3.63, 3.8) is 0 Å². The molecule has 0 saturated carbocycles. The van der Waals surface area contributed by atoms with Crippen LogP contribution < -0.4 is 5.32 Å². The molecule has 2 aromatic carbocycles. The molecule has 0 spiro atoms. The Morgan fingerprint density at radius 2 is 1.91 bits per heavy atom. The Balaban J connectivity index is 2.04. The van der Waals surface area contributed by atoms with Crippen LogP contribution >= 0.6 is 27.5 Å². The number of carbonyl (C=O) groups excluding carboxylic acids is 1. The molecule has 0 unspecified atom stereocenters. The first-order valence-electron chi connectivity index (χ1n) is 7.05. The van der Waals surface area contributed by atoms with Gasteiger partial charge in [-0.25, -0.2) is 0 Å². The summed E-state index contributed by atoms with van der Waals surface area (Å²) in [4.78, 5) is 14.8. The molecule has 0 radical (unpaired) electrons. The highest BCUT2D eigenvalue weighted by molar-refractivity contribution is 9.10. The summed E-state index contributed by atoms with van der Waals surface area (Å²) in [7, 11) is 0. The number of benzene rings is 2. The van der Waals surface area contributed by atoms with E-state index in [9.17, 15) is 4.79 Å². The lowest BCUT2D eigenvalue weighted by Gasteiger charge is -2.02. The number of fused-ring (bicyclic) bond motifs is 1. The minimum absolute atomic E-state index is 0.102. The van der Waals surface area contributed by atoms with Gasteiger partial charge in [-0.15, -0.1) is 0 Å². The van der Waals surface area contributed by atoms with Crippen molar-refractivity contribution in [1.29, 1.82) is 0 Å². The molecule has 0 bridgehead atoms. The van der Waals surface area contributed by atoms with Crippen molar-refractivity contribution in [2.75, 3.05) is 5.32 Å². The molecule has 116 valence electrons. The van der Waals surface area contributed by atoms with Crippen molar-refractivity contribution in [3.05, 3.63) is 63.2 Å². The van der Waals surface area contributed by atoms with Gasteiger partial charge in [0.2, 0.25) is 5.91 Å². The van der Waals surface area contributed by atoms with E-state index in [-0.39, 0.29) is 5.91 Å². The number of amides is 1. The van der Waals surface area contributed by atoms with Gasteiger partial charge < -0.3 is 10.3 Å². The first kappa shape index (κ1) is 15.8. The predicted octanol–water partition coefficient (Wildman–Crippen LogP) is 5.71. The second kappa shape index (κ2) is 6.60. The fourth-order valence-corrected chi connectivity index (χ4v) is 2.87. The van der Waals surface area contributed by atoms with Crippen LogP contribution in [-0.4, -0.2) is 10.9 Å². The Morgan fingerprint density at radius 3 is 2.61 bits per heavy atom. The Bertz CT molecular complexity index is 897. The summed E-state index contributed by atoms with van der Waals surface area (Å²) in [5.41, 5.74) is 3.62. The van der Waals surface area contributed by atoms with E-state index in [1.54, 1.807) is 0 Å². The number of nitrogens with one attached hydrogen (secondary N) is 2. The number of aromatic amines is 1. The molecule has 2 N–H and O–H groups in total. The molecule has 0 aliphatic heterocycles. The number of hydrogen-bond acceptors (Lipinski definition) is 1. The smallest absolute Gasteiger partial charge is 0.221 e. The quantitative estimate of drug-likeness (QED) is 0.592. The van der Waals surface area contributed by atoms with Crippen molar-refractivity contribution in [2.45, 2.75) is 6.92 Å².